The molecular formula is C14H19NO2S. The smallest absolute Gasteiger partial charge is 0.129 e. The molecule has 4 heteroatoms. The topological polar surface area (TPSA) is 44.5 Å². The number of benzene rings is 1. The van der Waals surface area contributed by atoms with Gasteiger partial charge in [0, 0.05) is 6.61 Å². The summed E-state index contributed by atoms with van der Waals surface area (Å²) in [4.78, 5) is 0.355. The van der Waals surface area contributed by atoms with Gasteiger partial charge in [-0.1, -0.05) is 31.1 Å². The van der Waals surface area contributed by atoms with Crippen molar-refractivity contribution in [3.8, 4) is 5.75 Å². The van der Waals surface area contributed by atoms with E-state index >= 15 is 0 Å². The van der Waals surface area contributed by atoms with Crippen LogP contribution in [0.3, 0.4) is 0 Å². The third-order valence-electron chi connectivity index (χ3n) is 3.17. The van der Waals surface area contributed by atoms with Crippen LogP contribution >= 0.6 is 12.2 Å². The first-order valence-corrected chi connectivity index (χ1v) is 6.66. The Bertz CT molecular complexity index is 430. The Balaban J connectivity index is 1.89. The average molecular weight is 265 g/mol. The summed E-state index contributed by atoms with van der Waals surface area (Å²) in [5.41, 5.74) is 7.48. The number of thiocarbonyl (C=S) groups is 1. The lowest BCUT2D eigenvalue weighted by atomic mass is 10.1. The van der Waals surface area contributed by atoms with Gasteiger partial charge in [0.2, 0.25) is 0 Å². The van der Waals surface area contributed by atoms with Gasteiger partial charge in [-0.05, 0) is 30.0 Å². The predicted octanol–water partition coefficient (Wildman–Crippen LogP) is 2.65. The zero-order chi connectivity index (χ0) is 13.0. The van der Waals surface area contributed by atoms with E-state index in [1.54, 1.807) is 7.11 Å². The van der Waals surface area contributed by atoms with Crippen molar-refractivity contribution in [3.05, 3.63) is 29.3 Å². The zero-order valence-electron chi connectivity index (χ0n) is 10.6. The molecule has 2 N–H and O–H groups in total. The van der Waals surface area contributed by atoms with Gasteiger partial charge in [-0.15, -0.1) is 0 Å². The summed E-state index contributed by atoms with van der Waals surface area (Å²) in [6.45, 7) is 1.45. The fourth-order valence-corrected chi connectivity index (χ4v) is 2.04. The van der Waals surface area contributed by atoms with Crippen molar-refractivity contribution in [1.82, 2.24) is 0 Å². The highest BCUT2D eigenvalue weighted by atomic mass is 32.1. The number of rotatable bonds is 7. The highest BCUT2D eigenvalue weighted by Crippen LogP contribution is 2.32. The largest absolute Gasteiger partial charge is 0.496 e. The van der Waals surface area contributed by atoms with Crippen LogP contribution in [0.2, 0.25) is 0 Å². The van der Waals surface area contributed by atoms with E-state index in [0.717, 1.165) is 23.7 Å². The van der Waals surface area contributed by atoms with Gasteiger partial charge in [0.15, 0.2) is 0 Å². The Morgan fingerprint density at radius 3 is 2.83 bits per heavy atom. The molecule has 1 aromatic carbocycles. The van der Waals surface area contributed by atoms with E-state index in [1.165, 1.54) is 19.3 Å². The molecule has 0 atom stereocenters. The Kier molecular flexibility index (Phi) is 4.55. The molecule has 0 unspecified atom stereocenters. The third kappa shape index (κ3) is 3.68. The molecule has 0 radical (unpaired) electrons. The second-order valence-electron chi connectivity index (χ2n) is 4.68. The molecule has 0 heterocycles. The van der Waals surface area contributed by atoms with E-state index in [2.05, 4.69) is 0 Å². The van der Waals surface area contributed by atoms with Gasteiger partial charge in [0.25, 0.3) is 0 Å². The maximum absolute atomic E-state index is 5.65. The molecule has 0 bridgehead atoms. The van der Waals surface area contributed by atoms with Crippen LogP contribution in [0.15, 0.2) is 18.2 Å². The standard InChI is InChI=1S/C14H19NO2S/c1-16-13-8-11(4-5-12(13)14(15)18)9-17-7-6-10-2-3-10/h4-5,8,10H,2-3,6-7,9H2,1H3,(H2,15,18). The summed E-state index contributed by atoms with van der Waals surface area (Å²) in [5.74, 6) is 1.63. The number of ether oxygens (including phenoxy) is 2. The lowest BCUT2D eigenvalue weighted by molar-refractivity contribution is 0.115. The zero-order valence-corrected chi connectivity index (χ0v) is 11.5. The van der Waals surface area contributed by atoms with Crippen LogP contribution in [0.1, 0.15) is 30.4 Å². The molecule has 98 valence electrons. The summed E-state index contributed by atoms with van der Waals surface area (Å²) in [6.07, 6.45) is 3.93. The highest BCUT2D eigenvalue weighted by Gasteiger charge is 2.20. The minimum Gasteiger partial charge on any atom is -0.496 e. The van der Waals surface area contributed by atoms with Gasteiger partial charge < -0.3 is 15.2 Å². The average Bonchev–Trinajstić information content (AvgIpc) is 3.18. The Morgan fingerprint density at radius 1 is 1.44 bits per heavy atom. The van der Waals surface area contributed by atoms with E-state index in [9.17, 15) is 0 Å². The van der Waals surface area contributed by atoms with Crippen LogP contribution in [0.25, 0.3) is 0 Å². The first-order chi connectivity index (χ1) is 8.70. The predicted molar refractivity (Wildman–Crippen MR) is 75.9 cm³/mol. The fraction of sp³-hybridized carbons (Fsp3) is 0.500. The Hall–Kier alpha value is -1.13. The van der Waals surface area contributed by atoms with Gasteiger partial charge in [0.05, 0.1) is 19.3 Å². The van der Waals surface area contributed by atoms with Crippen LogP contribution in [0, 0.1) is 5.92 Å². The lowest BCUT2D eigenvalue weighted by Gasteiger charge is -2.10. The van der Waals surface area contributed by atoms with Crippen LogP contribution < -0.4 is 10.5 Å². The Morgan fingerprint density at radius 2 is 2.22 bits per heavy atom. The van der Waals surface area contributed by atoms with Crippen LogP contribution in [-0.2, 0) is 11.3 Å². The molecular weight excluding hydrogens is 246 g/mol. The summed E-state index contributed by atoms with van der Waals surface area (Å²) in [7, 11) is 1.62. The van der Waals surface area contributed by atoms with Gasteiger partial charge in [-0.3, -0.25) is 0 Å². The fourth-order valence-electron chi connectivity index (χ4n) is 1.88. The molecule has 1 fully saturated rings. The van der Waals surface area contributed by atoms with Crippen molar-refractivity contribution in [1.29, 1.82) is 0 Å². The quantitative estimate of drug-likeness (QED) is 0.608. The van der Waals surface area contributed by atoms with Crippen molar-refractivity contribution >= 4 is 17.2 Å². The van der Waals surface area contributed by atoms with Crippen LogP contribution in [0.4, 0.5) is 0 Å². The molecule has 0 saturated heterocycles. The molecule has 0 spiro atoms. The first kappa shape index (κ1) is 13.3. The van der Waals surface area contributed by atoms with Gasteiger partial charge in [0.1, 0.15) is 10.7 Å². The van der Waals surface area contributed by atoms with E-state index in [4.69, 9.17) is 27.4 Å². The molecule has 1 saturated carbocycles. The highest BCUT2D eigenvalue weighted by molar-refractivity contribution is 7.80. The molecule has 1 aliphatic rings. The number of hydrogen-bond acceptors (Lipinski definition) is 3. The number of methoxy groups -OCH3 is 1. The molecule has 1 aliphatic carbocycles. The van der Waals surface area contributed by atoms with Crippen LogP contribution in [0.5, 0.6) is 5.75 Å². The lowest BCUT2D eigenvalue weighted by Crippen LogP contribution is -2.11. The van der Waals surface area contributed by atoms with E-state index in [1.807, 2.05) is 18.2 Å². The van der Waals surface area contributed by atoms with Crippen molar-refractivity contribution in [3.63, 3.8) is 0 Å². The normalized spacial score (nSPS) is 14.5. The summed E-state index contributed by atoms with van der Waals surface area (Å²) in [6, 6.07) is 5.81. The van der Waals surface area contributed by atoms with Crippen molar-refractivity contribution < 1.29 is 9.47 Å². The molecule has 3 nitrogen and oxygen atoms in total. The second kappa shape index (κ2) is 6.16. The maximum atomic E-state index is 5.65. The minimum atomic E-state index is 0.355. The summed E-state index contributed by atoms with van der Waals surface area (Å²) in [5, 5.41) is 0. The molecule has 2 rings (SSSR count). The number of hydrogen-bond donors (Lipinski definition) is 1. The van der Waals surface area contributed by atoms with Gasteiger partial charge >= 0.3 is 0 Å². The molecule has 18 heavy (non-hydrogen) atoms. The van der Waals surface area contributed by atoms with E-state index in [0.29, 0.717) is 17.3 Å². The minimum absolute atomic E-state index is 0.355. The van der Waals surface area contributed by atoms with Crippen molar-refractivity contribution in [2.24, 2.45) is 11.7 Å². The molecule has 0 amide bonds. The summed E-state index contributed by atoms with van der Waals surface area (Å²) < 4.78 is 10.9. The van der Waals surface area contributed by atoms with E-state index in [-0.39, 0.29) is 0 Å². The third-order valence-corrected chi connectivity index (χ3v) is 3.39. The molecule has 1 aromatic rings. The molecule has 0 aromatic heterocycles. The Labute approximate surface area is 113 Å². The molecule has 0 aliphatic heterocycles. The van der Waals surface area contributed by atoms with E-state index < -0.39 is 0 Å². The van der Waals surface area contributed by atoms with Crippen LogP contribution in [-0.4, -0.2) is 18.7 Å². The van der Waals surface area contributed by atoms with Gasteiger partial charge in [-0.25, -0.2) is 0 Å². The van der Waals surface area contributed by atoms with Crippen molar-refractivity contribution in [2.45, 2.75) is 25.9 Å². The van der Waals surface area contributed by atoms with Crippen molar-refractivity contribution in [2.75, 3.05) is 13.7 Å². The first-order valence-electron chi connectivity index (χ1n) is 6.25. The van der Waals surface area contributed by atoms with Gasteiger partial charge in [-0.2, -0.15) is 0 Å². The monoisotopic (exact) mass is 265 g/mol. The SMILES string of the molecule is COc1cc(COCCC2CC2)ccc1C(N)=S. The second-order valence-corrected chi connectivity index (χ2v) is 5.12. The maximum Gasteiger partial charge on any atom is 0.129 e. The summed E-state index contributed by atoms with van der Waals surface area (Å²) >= 11 is 4.97. The number of nitrogens with two attached hydrogens (primary N) is 1.